The van der Waals surface area contributed by atoms with Gasteiger partial charge in [0.1, 0.15) is 0 Å². The van der Waals surface area contributed by atoms with E-state index in [-0.39, 0.29) is 47.9 Å². The van der Waals surface area contributed by atoms with Crippen molar-refractivity contribution in [2.75, 3.05) is 79.8 Å². The third kappa shape index (κ3) is 3.85. The summed E-state index contributed by atoms with van der Waals surface area (Å²) in [5.41, 5.74) is 0. The summed E-state index contributed by atoms with van der Waals surface area (Å²) in [5.74, 6) is -3.46. The van der Waals surface area contributed by atoms with E-state index in [2.05, 4.69) is 33.7 Å². The van der Waals surface area contributed by atoms with Crippen LogP contribution < -0.4 is 0 Å². The fourth-order valence-electron chi connectivity index (χ4n) is 7.01. The van der Waals surface area contributed by atoms with Crippen LogP contribution in [0.5, 0.6) is 0 Å². The molecule has 4 unspecified atom stereocenters. The first kappa shape index (κ1) is 24.8. The predicted molar refractivity (Wildman–Crippen MR) is 129 cm³/mol. The van der Waals surface area contributed by atoms with Crippen LogP contribution in [0, 0.1) is 35.5 Å². The number of likely N-dealkylation sites (N-methyl/N-ethyl adjacent to an activating group) is 2. The highest BCUT2D eigenvalue weighted by Crippen LogP contribution is 2.57. The van der Waals surface area contributed by atoms with E-state index in [0.29, 0.717) is 13.3 Å². The number of allylic oxidation sites excluding steroid dienone is 2. The van der Waals surface area contributed by atoms with Crippen LogP contribution >= 0.6 is 12.4 Å². The number of carbonyl (C=O) groups is 4. The van der Waals surface area contributed by atoms with Gasteiger partial charge in [0, 0.05) is 64.2 Å². The van der Waals surface area contributed by atoms with Crippen LogP contribution in [-0.2, 0) is 19.2 Å². The molecule has 3 aliphatic carbocycles. The molecule has 4 heterocycles. The molecule has 0 aromatic heterocycles. The van der Waals surface area contributed by atoms with Gasteiger partial charge in [-0.3, -0.25) is 38.8 Å². The average Bonchev–Trinajstić information content (AvgIpc) is 3.25. The zero-order valence-electron chi connectivity index (χ0n) is 20.4. The van der Waals surface area contributed by atoms with Crippen LogP contribution in [0.4, 0.5) is 0 Å². The van der Waals surface area contributed by atoms with Crippen molar-refractivity contribution in [1.29, 1.82) is 0 Å². The summed E-state index contributed by atoms with van der Waals surface area (Å²) >= 11 is 0. The SMILES string of the molecule is CN1CCN(CN2C(=O)C3C4C=CC(C3C2=O)C2C(=O)N(CN3CCN(C)CC3)C(=O)C42)CC1.Cl. The maximum absolute atomic E-state index is 13.5. The van der Waals surface area contributed by atoms with E-state index in [1.165, 1.54) is 9.80 Å². The van der Waals surface area contributed by atoms with Gasteiger partial charge in [0.05, 0.1) is 37.0 Å². The van der Waals surface area contributed by atoms with Crippen LogP contribution in [0.2, 0.25) is 0 Å². The third-order valence-electron chi connectivity index (χ3n) is 9.07. The highest BCUT2D eigenvalue weighted by molar-refractivity contribution is 6.10. The van der Waals surface area contributed by atoms with E-state index in [1.54, 1.807) is 0 Å². The number of piperazine rings is 2. The number of imide groups is 2. The molecule has 4 saturated heterocycles. The number of nitrogens with zero attached hydrogens (tertiary/aromatic N) is 6. The maximum atomic E-state index is 13.5. The van der Waals surface area contributed by atoms with Crippen LogP contribution in [0.3, 0.4) is 0 Å². The lowest BCUT2D eigenvalue weighted by Crippen LogP contribution is -2.50. The van der Waals surface area contributed by atoms with E-state index in [1.807, 2.05) is 12.2 Å². The van der Waals surface area contributed by atoms with Crippen molar-refractivity contribution in [3.63, 3.8) is 0 Å². The normalized spacial score (nSPS) is 38.3. The molecule has 5 fully saturated rings. The monoisotopic (exact) mass is 506 g/mol. The largest absolute Gasteiger partial charge is 0.304 e. The number of carbonyl (C=O) groups excluding carboxylic acids is 4. The van der Waals surface area contributed by atoms with Gasteiger partial charge in [0.2, 0.25) is 23.6 Å². The van der Waals surface area contributed by atoms with Crippen molar-refractivity contribution < 1.29 is 19.2 Å². The number of halogens is 1. The summed E-state index contributed by atoms with van der Waals surface area (Å²) in [6.07, 6.45) is 3.89. The summed E-state index contributed by atoms with van der Waals surface area (Å²) in [4.78, 5) is 65.6. The van der Waals surface area contributed by atoms with Crippen molar-refractivity contribution >= 4 is 36.0 Å². The molecule has 0 N–H and O–H groups in total. The summed E-state index contributed by atoms with van der Waals surface area (Å²) in [6, 6.07) is 0. The lowest BCUT2D eigenvalue weighted by atomic mass is 9.54. The van der Waals surface area contributed by atoms with E-state index >= 15 is 0 Å². The number of amides is 4. The second-order valence-corrected chi connectivity index (χ2v) is 11.0. The zero-order chi connectivity index (χ0) is 23.7. The molecule has 4 atom stereocenters. The molecule has 10 nitrogen and oxygen atoms in total. The Bertz CT molecular complexity index is 826. The Morgan fingerprint density at radius 2 is 0.857 bits per heavy atom. The van der Waals surface area contributed by atoms with Crippen LogP contribution in [0.1, 0.15) is 0 Å². The third-order valence-corrected chi connectivity index (χ3v) is 9.07. The van der Waals surface area contributed by atoms with Crippen molar-refractivity contribution in [2.24, 2.45) is 35.5 Å². The molecule has 4 amide bonds. The van der Waals surface area contributed by atoms with E-state index in [4.69, 9.17) is 0 Å². The molecule has 1 saturated carbocycles. The second-order valence-electron chi connectivity index (χ2n) is 11.0. The summed E-state index contributed by atoms with van der Waals surface area (Å²) < 4.78 is 0. The van der Waals surface area contributed by atoms with E-state index < -0.39 is 23.7 Å². The topological polar surface area (TPSA) is 87.7 Å². The highest BCUT2D eigenvalue weighted by Gasteiger charge is 2.68. The molecular formula is C24H35ClN6O4. The maximum Gasteiger partial charge on any atom is 0.234 e. The predicted octanol–water partition coefficient (Wildman–Crippen LogP) is -1.16. The van der Waals surface area contributed by atoms with E-state index in [0.717, 1.165) is 52.4 Å². The first-order chi connectivity index (χ1) is 16.3. The minimum Gasteiger partial charge on any atom is -0.304 e. The summed E-state index contributed by atoms with van der Waals surface area (Å²) in [7, 11) is 4.14. The number of rotatable bonds is 4. The Morgan fingerprint density at radius 3 is 1.14 bits per heavy atom. The van der Waals surface area contributed by atoms with Crippen LogP contribution in [0.15, 0.2) is 12.2 Å². The Morgan fingerprint density at radius 1 is 0.571 bits per heavy atom. The number of likely N-dealkylation sites (tertiary alicyclic amines) is 2. The molecule has 0 spiro atoms. The quantitative estimate of drug-likeness (QED) is 0.348. The van der Waals surface area contributed by atoms with Gasteiger partial charge in [-0.15, -0.1) is 12.4 Å². The van der Waals surface area contributed by atoms with Crippen LogP contribution in [0.25, 0.3) is 0 Å². The number of hydrogen-bond acceptors (Lipinski definition) is 8. The van der Waals surface area contributed by atoms with Gasteiger partial charge in [0.15, 0.2) is 0 Å². The zero-order valence-corrected chi connectivity index (χ0v) is 21.2. The van der Waals surface area contributed by atoms with Gasteiger partial charge in [-0.25, -0.2) is 0 Å². The second kappa shape index (κ2) is 9.23. The average molecular weight is 507 g/mol. The lowest BCUT2D eigenvalue weighted by molar-refractivity contribution is -0.143. The van der Waals surface area contributed by atoms with Gasteiger partial charge >= 0.3 is 0 Å². The van der Waals surface area contributed by atoms with Gasteiger partial charge in [-0.2, -0.15) is 0 Å². The first-order valence-electron chi connectivity index (χ1n) is 12.6. The fourth-order valence-corrected chi connectivity index (χ4v) is 7.01. The van der Waals surface area contributed by atoms with Crippen molar-refractivity contribution in [1.82, 2.24) is 29.4 Å². The molecule has 0 radical (unpaired) electrons. The minimum absolute atomic E-state index is 0. The summed E-state index contributed by atoms with van der Waals surface area (Å²) in [6.45, 7) is 7.52. The molecule has 11 heteroatoms. The van der Waals surface area contributed by atoms with Crippen molar-refractivity contribution in [2.45, 2.75) is 0 Å². The lowest BCUT2D eigenvalue weighted by Gasteiger charge is -2.44. The Hall–Kier alpha value is -1.85. The summed E-state index contributed by atoms with van der Waals surface area (Å²) in [5, 5.41) is 0. The molecule has 2 bridgehead atoms. The Balaban J connectivity index is 0.00000253. The standard InChI is InChI=1S/C24H34N6O4.ClH/c1-25-5-9-27(10-6-25)13-29-21(31)17-15-3-4-16(18(17)22(29)32)20-19(15)23(33)30(24(20)34)14-28-11-7-26(2)8-12-28;/h3-4,15-20H,5-14H2,1-2H3;1H. The first-order valence-corrected chi connectivity index (χ1v) is 12.6. The minimum atomic E-state index is -0.517. The molecule has 0 aromatic carbocycles. The number of hydrogen-bond donors (Lipinski definition) is 0. The molecule has 4 aliphatic heterocycles. The molecule has 0 aromatic rings. The van der Waals surface area contributed by atoms with Gasteiger partial charge in [0.25, 0.3) is 0 Å². The smallest absolute Gasteiger partial charge is 0.234 e. The molecular weight excluding hydrogens is 472 g/mol. The molecule has 192 valence electrons. The Kier molecular flexibility index (Phi) is 6.54. The highest BCUT2D eigenvalue weighted by atomic mass is 35.5. The molecule has 7 rings (SSSR count). The van der Waals surface area contributed by atoms with Gasteiger partial charge < -0.3 is 9.80 Å². The van der Waals surface area contributed by atoms with Crippen LogP contribution in [-0.4, -0.2) is 133 Å². The Labute approximate surface area is 212 Å². The van der Waals surface area contributed by atoms with Crippen molar-refractivity contribution in [3.05, 3.63) is 12.2 Å². The molecule has 7 aliphatic rings. The van der Waals surface area contributed by atoms with Crippen molar-refractivity contribution in [3.8, 4) is 0 Å². The van der Waals surface area contributed by atoms with Gasteiger partial charge in [-0.05, 0) is 14.1 Å². The fraction of sp³-hybridized carbons (Fsp3) is 0.750. The van der Waals surface area contributed by atoms with E-state index in [9.17, 15) is 19.2 Å². The molecule has 35 heavy (non-hydrogen) atoms. The van der Waals surface area contributed by atoms with Gasteiger partial charge in [-0.1, -0.05) is 12.2 Å².